The molecular weight excluding hydrogens is 398 g/mol. The molecule has 2 aromatic heterocycles. The Bertz CT molecular complexity index is 1130. The van der Waals surface area contributed by atoms with Gasteiger partial charge in [-0.1, -0.05) is 23.5 Å². The molecule has 0 bridgehead atoms. The fourth-order valence-corrected chi connectivity index (χ4v) is 4.53. The number of urea groups is 1. The highest BCUT2D eigenvalue weighted by atomic mass is 32.1. The van der Waals surface area contributed by atoms with E-state index < -0.39 is 6.10 Å². The van der Waals surface area contributed by atoms with Gasteiger partial charge in [-0.05, 0) is 50.1 Å². The van der Waals surface area contributed by atoms with Gasteiger partial charge in [-0.3, -0.25) is 10.3 Å². The zero-order chi connectivity index (χ0) is 21.3. The first-order valence-electron chi connectivity index (χ1n) is 9.64. The maximum atomic E-state index is 12.6. The molecule has 0 unspecified atom stereocenters. The van der Waals surface area contributed by atoms with Crippen LogP contribution in [0, 0.1) is 25.2 Å². The van der Waals surface area contributed by atoms with Crippen LogP contribution >= 0.6 is 11.3 Å². The van der Waals surface area contributed by atoms with Crippen LogP contribution < -0.4 is 5.32 Å². The first kappa shape index (κ1) is 20.0. The van der Waals surface area contributed by atoms with Crippen molar-refractivity contribution in [3.8, 4) is 27.8 Å². The topological polar surface area (TPSA) is 102 Å². The van der Waals surface area contributed by atoms with E-state index in [0.29, 0.717) is 35.9 Å². The standard InChI is InChI=1S/C22H21N5O2S/c1-13-8-17(9-14(2)24-13)20-19(16-5-3-4-15(10-16)11-23)25-21(30-20)26-22(29)27-7-6-18(28)12-27/h3-5,8-10,18,28H,6-7,12H2,1-2H3,(H,25,26,29)/t18-/m0/s1. The molecule has 7 nitrogen and oxygen atoms in total. The van der Waals surface area contributed by atoms with Crippen molar-refractivity contribution < 1.29 is 9.90 Å². The predicted molar refractivity (Wildman–Crippen MR) is 116 cm³/mol. The summed E-state index contributed by atoms with van der Waals surface area (Å²) in [4.78, 5) is 24.2. The second-order valence-corrected chi connectivity index (χ2v) is 8.35. The lowest BCUT2D eigenvalue weighted by Crippen LogP contribution is -2.33. The molecule has 0 saturated carbocycles. The van der Waals surface area contributed by atoms with E-state index in [1.54, 1.807) is 17.0 Å². The van der Waals surface area contributed by atoms with E-state index >= 15 is 0 Å². The second-order valence-electron chi connectivity index (χ2n) is 7.35. The van der Waals surface area contributed by atoms with Gasteiger partial charge in [0.25, 0.3) is 0 Å². The van der Waals surface area contributed by atoms with Crippen molar-refractivity contribution in [2.24, 2.45) is 0 Å². The number of likely N-dealkylation sites (tertiary alicyclic amines) is 1. The van der Waals surface area contributed by atoms with E-state index in [1.807, 2.05) is 38.1 Å². The molecule has 8 heteroatoms. The van der Waals surface area contributed by atoms with Gasteiger partial charge >= 0.3 is 6.03 Å². The number of rotatable bonds is 3. The SMILES string of the molecule is Cc1cc(-c2sc(NC(=O)N3CC[C@H](O)C3)nc2-c2cccc(C#N)c2)cc(C)n1. The summed E-state index contributed by atoms with van der Waals surface area (Å²) < 4.78 is 0. The van der Waals surface area contributed by atoms with Crippen molar-refractivity contribution in [2.45, 2.75) is 26.4 Å². The van der Waals surface area contributed by atoms with Crippen molar-refractivity contribution in [2.75, 3.05) is 18.4 Å². The predicted octanol–water partition coefficient (Wildman–Crippen LogP) is 3.96. The average Bonchev–Trinajstić information content (AvgIpc) is 3.34. The fraction of sp³-hybridized carbons (Fsp3) is 0.273. The van der Waals surface area contributed by atoms with Crippen LogP contribution in [0.3, 0.4) is 0 Å². The molecular formula is C22H21N5O2S. The van der Waals surface area contributed by atoms with Gasteiger partial charge in [0.2, 0.25) is 0 Å². The quantitative estimate of drug-likeness (QED) is 0.669. The monoisotopic (exact) mass is 419 g/mol. The molecule has 3 aromatic rings. The number of nitrogens with zero attached hydrogens (tertiary/aromatic N) is 4. The number of nitrogens with one attached hydrogen (secondary N) is 1. The Hall–Kier alpha value is -3.28. The molecule has 1 aromatic carbocycles. The van der Waals surface area contributed by atoms with Crippen LogP contribution in [0.15, 0.2) is 36.4 Å². The van der Waals surface area contributed by atoms with Gasteiger partial charge in [-0.25, -0.2) is 9.78 Å². The Morgan fingerprint density at radius 1 is 1.23 bits per heavy atom. The van der Waals surface area contributed by atoms with Crippen LogP contribution in [-0.4, -0.2) is 45.2 Å². The largest absolute Gasteiger partial charge is 0.391 e. The van der Waals surface area contributed by atoms with Gasteiger partial charge in [0.05, 0.1) is 28.3 Å². The van der Waals surface area contributed by atoms with Gasteiger partial charge < -0.3 is 10.0 Å². The summed E-state index contributed by atoms with van der Waals surface area (Å²) in [7, 11) is 0. The third-order valence-corrected chi connectivity index (χ3v) is 5.92. The summed E-state index contributed by atoms with van der Waals surface area (Å²) in [6.07, 6.45) is 0.104. The molecule has 0 radical (unpaired) electrons. The van der Waals surface area contributed by atoms with Crippen molar-refractivity contribution in [1.29, 1.82) is 5.26 Å². The molecule has 1 fully saturated rings. The number of hydrogen-bond acceptors (Lipinski definition) is 6. The third-order valence-electron chi connectivity index (χ3n) is 4.90. The molecule has 2 N–H and O–H groups in total. The Labute approximate surface area is 178 Å². The fourth-order valence-electron chi connectivity index (χ4n) is 3.56. The molecule has 3 heterocycles. The number of anilines is 1. The minimum atomic E-state index is -0.477. The highest BCUT2D eigenvalue weighted by Gasteiger charge is 2.26. The first-order chi connectivity index (χ1) is 14.4. The number of aliphatic hydroxyl groups excluding tert-OH is 1. The third kappa shape index (κ3) is 4.17. The van der Waals surface area contributed by atoms with E-state index in [1.165, 1.54) is 11.3 Å². The summed E-state index contributed by atoms with van der Waals surface area (Å²) in [5.41, 5.74) is 4.82. The average molecular weight is 420 g/mol. The van der Waals surface area contributed by atoms with E-state index in [0.717, 1.165) is 27.4 Å². The number of aliphatic hydroxyl groups is 1. The number of pyridine rings is 1. The van der Waals surface area contributed by atoms with Crippen LogP contribution in [0.5, 0.6) is 0 Å². The number of hydrogen-bond donors (Lipinski definition) is 2. The number of thiazole rings is 1. The van der Waals surface area contributed by atoms with E-state index in [-0.39, 0.29) is 6.03 Å². The van der Waals surface area contributed by atoms with Gasteiger partial charge in [0, 0.05) is 30.0 Å². The summed E-state index contributed by atoms with van der Waals surface area (Å²) in [5, 5.41) is 22.3. The maximum Gasteiger partial charge on any atom is 0.323 e. The normalized spacial score (nSPS) is 15.8. The first-order valence-corrected chi connectivity index (χ1v) is 10.5. The van der Waals surface area contributed by atoms with Gasteiger partial charge in [0.15, 0.2) is 5.13 Å². The number of aryl methyl sites for hydroxylation is 2. The summed E-state index contributed by atoms with van der Waals surface area (Å²) in [6.45, 7) is 4.72. The number of benzene rings is 1. The van der Waals surface area contributed by atoms with Crippen LogP contribution in [0.25, 0.3) is 21.7 Å². The lowest BCUT2D eigenvalue weighted by Gasteiger charge is -2.14. The molecule has 1 saturated heterocycles. The minimum Gasteiger partial charge on any atom is -0.391 e. The Morgan fingerprint density at radius 3 is 2.67 bits per heavy atom. The van der Waals surface area contributed by atoms with Crippen LogP contribution in [0.4, 0.5) is 9.93 Å². The smallest absolute Gasteiger partial charge is 0.323 e. The van der Waals surface area contributed by atoms with Crippen molar-refractivity contribution >= 4 is 22.5 Å². The molecule has 1 aliphatic rings. The lowest BCUT2D eigenvalue weighted by molar-refractivity contribution is 0.176. The van der Waals surface area contributed by atoms with Crippen LogP contribution in [-0.2, 0) is 0 Å². The van der Waals surface area contributed by atoms with E-state index in [2.05, 4.69) is 21.4 Å². The highest BCUT2D eigenvalue weighted by molar-refractivity contribution is 7.19. The Morgan fingerprint density at radius 2 is 2.00 bits per heavy atom. The molecule has 4 rings (SSSR count). The molecule has 1 aliphatic heterocycles. The van der Waals surface area contributed by atoms with Gasteiger partial charge in [-0.2, -0.15) is 5.26 Å². The molecule has 2 amide bonds. The highest BCUT2D eigenvalue weighted by Crippen LogP contribution is 2.39. The van der Waals surface area contributed by atoms with Crippen molar-refractivity contribution in [3.05, 3.63) is 53.3 Å². The van der Waals surface area contributed by atoms with Gasteiger partial charge in [0.1, 0.15) is 0 Å². The summed E-state index contributed by atoms with van der Waals surface area (Å²) in [5.74, 6) is 0. The number of amides is 2. The zero-order valence-electron chi connectivity index (χ0n) is 16.7. The molecule has 152 valence electrons. The van der Waals surface area contributed by atoms with Crippen molar-refractivity contribution in [3.63, 3.8) is 0 Å². The Balaban J connectivity index is 1.75. The molecule has 1 atom stereocenters. The van der Waals surface area contributed by atoms with E-state index in [9.17, 15) is 15.2 Å². The van der Waals surface area contributed by atoms with Gasteiger partial charge in [-0.15, -0.1) is 0 Å². The number of nitriles is 1. The summed E-state index contributed by atoms with van der Waals surface area (Å²) >= 11 is 1.38. The second kappa shape index (κ2) is 8.22. The lowest BCUT2D eigenvalue weighted by atomic mass is 10.0. The van der Waals surface area contributed by atoms with Crippen LogP contribution in [0.2, 0.25) is 0 Å². The minimum absolute atomic E-state index is 0.272. The summed E-state index contributed by atoms with van der Waals surface area (Å²) in [6, 6.07) is 13.1. The van der Waals surface area contributed by atoms with Crippen LogP contribution in [0.1, 0.15) is 23.4 Å². The number of carbonyl (C=O) groups excluding carboxylic acids is 1. The molecule has 0 spiro atoms. The number of β-amino-alcohol motifs (C(OH)–C–C–N with tert-alkyl or cyclic N) is 1. The Kier molecular flexibility index (Phi) is 5.48. The maximum absolute atomic E-state index is 12.6. The number of aromatic nitrogens is 2. The number of carbonyl (C=O) groups is 1. The molecule has 0 aliphatic carbocycles. The van der Waals surface area contributed by atoms with E-state index in [4.69, 9.17) is 0 Å². The zero-order valence-corrected chi connectivity index (χ0v) is 17.5. The van der Waals surface area contributed by atoms with Crippen molar-refractivity contribution in [1.82, 2.24) is 14.9 Å². The molecule has 30 heavy (non-hydrogen) atoms.